The van der Waals surface area contributed by atoms with Gasteiger partial charge in [0.2, 0.25) is 0 Å². The molecule has 2 N–H and O–H groups in total. The van der Waals surface area contributed by atoms with E-state index in [-0.39, 0.29) is 6.61 Å². The van der Waals surface area contributed by atoms with Crippen LogP contribution in [0, 0.1) is 0 Å². The average molecular weight is 339 g/mol. The first-order valence-electron chi connectivity index (χ1n) is 8.68. The summed E-state index contributed by atoms with van der Waals surface area (Å²) in [5.74, 6) is 0. The highest BCUT2D eigenvalue weighted by Gasteiger charge is 2.10. The van der Waals surface area contributed by atoms with Gasteiger partial charge < -0.3 is 14.7 Å². The van der Waals surface area contributed by atoms with Gasteiger partial charge >= 0.3 is 7.82 Å². The number of nitrogens with zero attached hydrogens (tertiary/aromatic N) is 1. The molecule has 0 aromatic rings. The predicted molar refractivity (Wildman–Crippen MR) is 94.1 cm³/mol. The molecule has 0 amide bonds. The van der Waals surface area contributed by atoms with Crippen LogP contribution >= 0.6 is 7.82 Å². The van der Waals surface area contributed by atoms with E-state index < -0.39 is 7.82 Å². The van der Waals surface area contributed by atoms with Crippen molar-refractivity contribution in [3.05, 3.63) is 0 Å². The van der Waals surface area contributed by atoms with Crippen LogP contribution in [0.5, 0.6) is 0 Å². The van der Waals surface area contributed by atoms with Gasteiger partial charge in [0.05, 0.1) is 6.61 Å². The molecule has 0 spiro atoms. The molecule has 0 aromatic heterocycles. The Morgan fingerprint density at radius 1 is 0.818 bits per heavy atom. The highest BCUT2D eigenvalue weighted by molar-refractivity contribution is 7.46. The van der Waals surface area contributed by atoms with E-state index in [0.717, 1.165) is 0 Å². The molecule has 0 aliphatic heterocycles. The number of phosphoric acid groups is 1. The second-order valence-electron chi connectivity index (χ2n) is 5.89. The monoisotopic (exact) mass is 339 g/mol. The fourth-order valence-corrected chi connectivity index (χ4v) is 2.42. The van der Waals surface area contributed by atoms with E-state index in [2.05, 4.69) is 30.4 Å². The Hall–Kier alpha value is 0.0700. The molecule has 0 saturated carbocycles. The van der Waals surface area contributed by atoms with Gasteiger partial charge in [0.15, 0.2) is 0 Å². The molecular formula is C16H38NO4P. The molecule has 5 nitrogen and oxygen atoms in total. The molecule has 0 fully saturated rings. The van der Waals surface area contributed by atoms with Crippen LogP contribution in [0.15, 0.2) is 0 Å². The number of phosphoric ester groups is 1. The lowest BCUT2D eigenvalue weighted by atomic mass is 10.1. The van der Waals surface area contributed by atoms with Gasteiger partial charge in [-0.05, 0) is 34.0 Å². The van der Waals surface area contributed by atoms with E-state index in [1.54, 1.807) is 0 Å². The van der Waals surface area contributed by atoms with Crippen LogP contribution in [0.1, 0.15) is 78.1 Å². The third kappa shape index (κ3) is 28.3. The molecule has 0 radical (unpaired) electrons. The fourth-order valence-electron chi connectivity index (χ4n) is 2.08. The predicted octanol–water partition coefficient (Wildman–Crippen LogP) is 4.58. The molecule has 6 heteroatoms. The van der Waals surface area contributed by atoms with E-state index in [9.17, 15) is 4.57 Å². The SMILES string of the molecule is CCCCCCCCCCCCN(C)C.CCOP(=O)(O)O. The molecule has 0 unspecified atom stereocenters. The Morgan fingerprint density at radius 3 is 1.50 bits per heavy atom. The maximum Gasteiger partial charge on any atom is 0.469 e. The van der Waals surface area contributed by atoms with E-state index in [4.69, 9.17) is 9.79 Å². The second kappa shape index (κ2) is 17.4. The van der Waals surface area contributed by atoms with Crippen LogP contribution < -0.4 is 0 Å². The van der Waals surface area contributed by atoms with Crippen LogP contribution in [-0.4, -0.2) is 41.9 Å². The summed E-state index contributed by atoms with van der Waals surface area (Å²) < 4.78 is 13.6. The second-order valence-corrected chi connectivity index (χ2v) is 7.13. The Balaban J connectivity index is 0. The van der Waals surface area contributed by atoms with Crippen LogP contribution in [0.3, 0.4) is 0 Å². The molecule has 0 bridgehead atoms. The van der Waals surface area contributed by atoms with Crippen molar-refractivity contribution in [2.24, 2.45) is 0 Å². The standard InChI is InChI=1S/C14H31N.C2H7O4P/c1-4-5-6-7-8-9-10-11-12-13-14-15(2)3;1-2-6-7(3,4)5/h4-14H2,1-3H3;2H2,1H3,(H2,3,4,5). The number of hydrogen-bond donors (Lipinski definition) is 2. The average Bonchev–Trinajstić information content (AvgIpc) is 2.40. The van der Waals surface area contributed by atoms with Gasteiger partial charge in [0, 0.05) is 0 Å². The largest absolute Gasteiger partial charge is 0.469 e. The number of hydrogen-bond acceptors (Lipinski definition) is 3. The zero-order chi connectivity index (χ0) is 17.3. The van der Waals surface area contributed by atoms with Crippen LogP contribution in [0.4, 0.5) is 0 Å². The molecule has 0 aliphatic carbocycles. The minimum atomic E-state index is -4.17. The van der Waals surface area contributed by atoms with Crippen molar-refractivity contribution < 1.29 is 18.9 Å². The van der Waals surface area contributed by atoms with Crippen LogP contribution in [0.25, 0.3) is 0 Å². The lowest BCUT2D eigenvalue weighted by Crippen LogP contribution is -2.12. The zero-order valence-electron chi connectivity index (χ0n) is 15.1. The van der Waals surface area contributed by atoms with Gasteiger partial charge in [0.1, 0.15) is 0 Å². The summed E-state index contributed by atoms with van der Waals surface area (Å²) in [4.78, 5) is 18.1. The first kappa shape index (κ1) is 24.3. The summed E-state index contributed by atoms with van der Waals surface area (Å²) in [5, 5.41) is 0. The third-order valence-corrected chi connectivity index (χ3v) is 3.85. The minimum Gasteiger partial charge on any atom is -0.309 e. The van der Waals surface area contributed by atoms with E-state index >= 15 is 0 Å². The van der Waals surface area contributed by atoms with Crippen LogP contribution in [0.2, 0.25) is 0 Å². The summed E-state index contributed by atoms with van der Waals surface area (Å²) in [5.41, 5.74) is 0. The quantitative estimate of drug-likeness (QED) is 0.379. The van der Waals surface area contributed by atoms with E-state index in [0.29, 0.717) is 0 Å². The Morgan fingerprint density at radius 2 is 1.23 bits per heavy atom. The summed E-state index contributed by atoms with van der Waals surface area (Å²) in [6, 6.07) is 0. The Kier molecular flexibility index (Phi) is 19.3. The highest BCUT2D eigenvalue weighted by atomic mass is 31.2. The maximum absolute atomic E-state index is 9.70. The van der Waals surface area contributed by atoms with Crippen molar-refractivity contribution in [3.63, 3.8) is 0 Å². The summed E-state index contributed by atoms with van der Waals surface area (Å²) in [7, 11) is 0.155. The van der Waals surface area contributed by atoms with Crippen molar-refractivity contribution in [2.45, 2.75) is 78.1 Å². The molecule has 0 aliphatic rings. The molecule has 0 atom stereocenters. The molecular weight excluding hydrogens is 301 g/mol. The Labute approximate surface area is 137 Å². The van der Waals surface area contributed by atoms with E-state index in [1.807, 2.05) is 0 Å². The minimum absolute atomic E-state index is 0.0459. The fraction of sp³-hybridized carbons (Fsp3) is 1.00. The highest BCUT2D eigenvalue weighted by Crippen LogP contribution is 2.34. The Bertz CT molecular complexity index is 257. The first-order valence-corrected chi connectivity index (χ1v) is 10.2. The molecule has 0 saturated heterocycles. The smallest absolute Gasteiger partial charge is 0.309 e. The molecule has 0 aromatic carbocycles. The van der Waals surface area contributed by atoms with Gasteiger partial charge in [-0.25, -0.2) is 4.57 Å². The summed E-state index contributed by atoms with van der Waals surface area (Å²) in [6.07, 6.45) is 14.4. The lowest BCUT2D eigenvalue weighted by Gasteiger charge is -2.08. The molecule has 0 rings (SSSR count). The van der Waals surface area contributed by atoms with Gasteiger partial charge in [-0.1, -0.05) is 64.7 Å². The van der Waals surface area contributed by atoms with Crippen molar-refractivity contribution in [2.75, 3.05) is 27.2 Å². The van der Waals surface area contributed by atoms with Gasteiger partial charge in [-0.2, -0.15) is 0 Å². The topological polar surface area (TPSA) is 70.0 Å². The molecule has 22 heavy (non-hydrogen) atoms. The first-order chi connectivity index (χ1) is 10.3. The number of rotatable bonds is 13. The van der Waals surface area contributed by atoms with Crippen molar-refractivity contribution in [1.82, 2.24) is 4.90 Å². The van der Waals surface area contributed by atoms with Gasteiger partial charge in [0.25, 0.3) is 0 Å². The lowest BCUT2D eigenvalue weighted by molar-refractivity contribution is 0.206. The molecule has 136 valence electrons. The van der Waals surface area contributed by atoms with E-state index in [1.165, 1.54) is 77.7 Å². The van der Waals surface area contributed by atoms with Gasteiger partial charge in [-0.3, -0.25) is 4.52 Å². The van der Waals surface area contributed by atoms with Crippen molar-refractivity contribution in [3.8, 4) is 0 Å². The number of unbranched alkanes of at least 4 members (excludes halogenated alkanes) is 9. The van der Waals surface area contributed by atoms with Crippen molar-refractivity contribution in [1.29, 1.82) is 0 Å². The summed E-state index contributed by atoms with van der Waals surface area (Å²) in [6.45, 7) is 5.10. The third-order valence-electron chi connectivity index (χ3n) is 3.26. The van der Waals surface area contributed by atoms with Crippen molar-refractivity contribution >= 4 is 7.82 Å². The van der Waals surface area contributed by atoms with Crippen LogP contribution in [-0.2, 0) is 9.09 Å². The molecule has 0 heterocycles. The zero-order valence-corrected chi connectivity index (χ0v) is 16.0. The maximum atomic E-state index is 9.70. The summed E-state index contributed by atoms with van der Waals surface area (Å²) >= 11 is 0. The normalized spacial score (nSPS) is 11.4. The van der Waals surface area contributed by atoms with Gasteiger partial charge in [-0.15, -0.1) is 0 Å².